The Morgan fingerprint density at radius 3 is 2.41 bits per heavy atom. The Morgan fingerprint density at radius 1 is 1.04 bits per heavy atom. The summed E-state index contributed by atoms with van der Waals surface area (Å²) in [5, 5.41) is 0.739. The molecule has 3 aromatic rings. The number of carbonyl (C=O) groups excluding carboxylic acids is 2. The van der Waals surface area contributed by atoms with Crippen molar-refractivity contribution in [1.29, 1.82) is 0 Å². The van der Waals surface area contributed by atoms with Crippen LogP contribution in [0.3, 0.4) is 0 Å². The molecule has 1 fully saturated rings. The third kappa shape index (κ3) is 3.48. The zero-order valence-electron chi connectivity index (χ0n) is 14.8. The molecular formula is C19H18N4O3S. The maximum Gasteiger partial charge on any atom is 0.289 e. The van der Waals surface area contributed by atoms with Crippen LogP contribution in [0.15, 0.2) is 47.2 Å². The van der Waals surface area contributed by atoms with Crippen molar-refractivity contribution in [2.24, 2.45) is 0 Å². The predicted molar refractivity (Wildman–Crippen MR) is 101 cm³/mol. The number of hydrogen-bond donors (Lipinski definition) is 0. The maximum atomic E-state index is 12.9. The zero-order chi connectivity index (χ0) is 18.8. The number of aromatic nitrogens is 2. The van der Waals surface area contributed by atoms with Crippen LogP contribution >= 0.6 is 11.3 Å². The lowest BCUT2D eigenvalue weighted by Crippen LogP contribution is -2.50. The van der Waals surface area contributed by atoms with Crippen LogP contribution in [0.5, 0.6) is 0 Å². The van der Waals surface area contributed by atoms with Gasteiger partial charge in [-0.05, 0) is 31.2 Å². The minimum Gasteiger partial charge on any atom is -0.459 e. The van der Waals surface area contributed by atoms with E-state index < -0.39 is 0 Å². The van der Waals surface area contributed by atoms with Gasteiger partial charge in [-0.15, -0.1) is 11.3 Å². The molecule has 7 nitrogen and oxygen atoms in total. The van der Waals surface area contributed by atoms with Gasteiger partial charge in [0.1, 0.15) is 9.88 Å². The molecular weight excluding hydrogens is 364 g/mol. The summed E-state index contributed by atoms with van der Waals surface area (Å²) in [6.45, 7) is 3.78. The fraction of sp³-hybridized carbons (Fsp3) is 0.263. The maximum absolute atomic E-state index is 12.9. The van der Waals surface area contributed by atoms with E-state index in [1.807, 2.05) is 25.1 Å². The molecule has 0 atom stereocenters. The lowest BCUT2D eigenvalue weighted by atomic mass is 10.2. The second-order valence-electron chi connectivity index (χ2n) is 6.21. The first kappa shape index (κ1) is 17.4. The second-order valence-corrected chi connectivity index (χ2v) is 7.21. The molecule has 27 heavy (non-hydrogen) atoms. The SMILES string of the molecule is Cc1nc(-c2ccccn2)sc1C(=O)N1CCN(C(=O)c2ccco2)CC1. The van der Waals surface area contributed by atoms with Gasteiger partial charge in [-0.3, -0.25) is 14.6 Å². The molecule has 0 aromatic carbocycles. The van der Waals surface area contributed by atoms with Crippen molar-refractivity contribution < 1.29 is 14.0 Å². The molecule has 2 amide bonds. The minimum atomic E-state index is -0.140. The van der Waals surface area contributed by atoms with Gasteiger partial charge in [-0.2, -0.15) is 0 Å². The summed E-state index contributed by atoms with van der Waals surface area (Å²) >= 11 is 1.36. The van der Waals surface area contributed by atoms with Crippen molar-refractivity contribution in [3.8, 4) is 10.7 Å². The number of carbonyl (C=O) groups is 2. The van der Waals surface area contributed by atoms with E-state index in [0.717, 1.165) is 10.7 Å². The van der Waals surface area contributed by atoms with E-state index in [2.05, 4.69) is 9.97 Å². The Labute approximate surface area is 160 Å². The average Bonchev–Trinajstić information content (AvgIpc) is 3.38. The first-order valence-electron chi connectivity index (χ1n) is 8.64. The third-order valence-electron chi connectivity index (χ3n) is 4.46. The van der Waals surface area contributed by atoms with Crippen LogP contribution < -0.4 is 0 Å². The molecule has 8 heteroatoms. The van der Waals surface area contributed by atoms with Crippen LogP contribution in [0, 0.1) is 6.92 Å². The summed E-state index contributed by atoms with van der Waals surface area (Å²) in [7, 11) is 0. The molecule has 3 aromatic heterocycles. The van der Waals surface area contributed by atoms with Gasteiger partial charge in [-0.1, -0.05) is 6.07 Å². The fourth-order valence-corrected chi connectivity index (χ4v) is 4.02. The van der Waals surface area contributed by atoms with Crippen LogP contribution in [0.2, 0.25) is 0 Å². The summed E-state index contributed by atoms with van der Waals surface area (Å²) in [6, 6.07) is 8.97. The van der Waals surface area contributed by atoms with E-state index in [4.69, 9.17) is 4.42 Å². The Morgan fingerprint density at radius 2 is 1.78 bits per heavy atom. The Bertz CT molecular complexity index is 945. The van der Waals surface area contributed by atoms with Gasteiger partial charge < -0.3 is 14.2 Å². The van der Waals surface area contributed by atoms with Gasteiger partial charge in [0.15, 0.2) is 5.76 Å². The molecule has 138 valence electrons. The number of piperazine rings is 1. The number of amides is 2. The topological polar surface area (TPSA) is 79.5 Å². The van der Waals surface area contributed by atoms with E-state index in [0.29, 0.717) is 42.5 Å². The summed E-state index contributed by atoms with van der Waals surface area (Å²) in [5.41, 5.74) is 1.47. The normalized spacial score (nSPS) is 14.4. The molecule has 4 heterocycles. The largest absolute Gasteiger partial charge is 0.459 e. The van der Waals surface area contributed by atoms with E-state index in [1.165, 1.54) is 17.6 Å². The van der Waals surface area contributed by atoms with Crippen molar-refractivity contribution in [2.75, 3.05) is 26.2 Å². The highest BCUT2D eigenvalue weighted by molar-refractivity contribution is 7.17. The molecule has 0 saturated carbocycles. The van der Waals surface area contributed by atoms with Crippen LogP contribution in [0.1, 0.15) is 25.9 Å². The highest BCUT2D eigenvalue weighted by atomic mass is 32.1. The summed E-state index contributed by atoms with van der Waals surface area (Å²) < 4.78 is 5.17. The molecule has 0 radical (unpaired) electrons. The molecule has 1 aliphatic heterocycles. The van der Waals surface area contributed by atoms with Gasteiger partial charge in [-0.25, -0.2) is 4.98 Å². The highest BCUT2D eigenvalue weighted by Crippen LogP contribution is 2.27. The van der Waals surface area contributed by atoms with Crippen molar-refractivity contribution in [3.63, 3.8) is 0 Å². The molecule has 0 aliphatic carbocycles. The van der Waals surface area contributed by atoms with Gasteiger partial charge in [0.05, 0.1) is 17.7 Å². The van der Waals surface area contributed by atoms with Crippen LogP contribution in [0.4, 0.5) is 0 Å². The minimum absolute atomic E-state index is 0.0442. The quantitative estimate of drug-likeness (QED) is 0.696. The average molecular weight is 382 g/mol. The summed E-state index contributed by atoms with van der Waals surface area (Å²) in [5.74, 6) is 0.142. The molecule has 0 spiro atoms. The lowest BCUT2D eigenvalue weighted by Gasteiger charge is -2.34. The Hall–Kier alpha value is -3.00. The van der Waals surface area contributed by atoms with Crippen molar-refractivity contribution in [3.05, 3.63) is 59.1 Å². The Balaban J connectivity index is 1.44. The van der Waals surface area contributed by atoms with Crippen molar-refractivity contribution in [1.82, 2.24) is 19.8 Å². The van der Waals surface area contributed by atoms with E-state index in [1.54, 1.807) is 28.1 Å². The monoisotopic (exact) mass is 382 g/mol. The number of aryl methyl sites for hydroxylation is 1. The lowest BCUT2D eigenvalue weighted by molar-refractivity contribution is 0.0520. The number of hydrogen-bond acceptors (Lipinski definition) is 6. The molecule has 1 aliphatic rings. The third-order valence-corrected chi connectivity index (χ3v) is 5.63. The number of furan rings is 1. The van der Waals surface area contributed by atoms with E-state index in [9.17, 15) is 9.59 Å². The van der Waals surface area contributed by atoms with Gasteiger partial charge >= 0.3 is 0 Å². The first-order valence-corrected chi connectivity index (χ1v) is 9.46. The number of rotatable bonds is 3. The van der Waals surface area contributed by atoms with Crippen molar-refractivity contribution in [2.45, 2.75) is 6.92 Å². The van der Waals surface area contributed by atoms with Gasteiger partial charge in [0.2, 0.25) is 0 Å². The molecule has 0 bridgehead atoms. The van der Waals surface area contributed by atoms with Crippen LogP contribution in [-0.2, 0) is 0 Å². The van der Waals surface area contributed by atoms with Gasteiger partial charge in [0, 0.05) is 32.4 Å². The summed E-state index contributed by atoms with van der Waals surface area (Å²) in [6.07, 6.45) is 3.20. The van der Waals surface area contributed by atoms with Crippen LogP contribution in [0.25, 0.3) is 10.7 Å². The standard InChI is InChI=1S/C19H18N4O3S/c1-13-16(27-17(21-13)14-5-2-3-7-20-14)19(25)23-10-8-22(9-11-23)18(24)15-6-4-12-26-15/h2-7,12H,8-11H2,1H3. The van der Waals surface area contributed by atoms with E-state index >= 15 is 0 Å². The van der Waals surface area contributed by atoms with E-state index in [-0.39, 0.29) is 11.8 Å². The predicted octanol–water partition coefficient (Wildman–Crippen LogP) is 2.70. The molecule has 0 N–H and O–H groups in total. The highest BCUT2D eigenvalue weighted by Gasteiger charge is 2.28. The fourth-order valence-electron chi connectivity index (χ4n) is 3.01. The molecule has 0 unspecified atom stereocenters. The smallest absolute Gasteiger partial charge is 0.289 e. The number of thiazole rings is 1. The zero-order valence-corrected chi connectivity index (χ0v) is 15.6. The molecule has 4 rings (SSSR count). The first-order chi connectivity index (χ1) is 13.1. The second kappa shape index (κ2) is 7.32. The Kier molecular flexibility index (Phi) is 4.72. The van der Waals surface area contributed by atoms with Gasteiger partial charge in [0.25, 0.3) is 11.8 Å². The van der Waals surface area contributed by atoms with Crippen LogP contribution in [-0.4, -0.2) is 57.8 Å². The number of pyridine rings is 1. The number of nitrogens with zero attached hydrogens (tertiary/aromatic N) is 4. The van der Waals surface area contributed by atoms with Crippen molar-refractivity contribution >= 4 is 23.2 Å². The molecule has 1 saturated heterocycles. The summed E-state index contributed by atoms with van der Waals surface area (Å²) in [4.78, 5) is 38.2.